The normalized spacial score (nSPS) is 19.8. The highest BCUT2D eigenvalue weighted by molar-refractivity contribution is 7.89. The number of carbonyl (C=O) groups excluding carboxylic acids is 1. The zero-order valence-electron chi connectivity index (χ0n) is 17.0. The van der Waals surface area contributed by atoms with E-state index in [9.17, 15) is 13.2 Å². The van der Waals surface area contributed by atoms with Gasteiger partial charge in [0.25, 0.3) is 0 Å². The van der Waals surface area contributed by atoms with E-state index < -0.39 is 16.0 Å². The second-order valence-electron chi connectivity index (χ2n) is 7.01. The Hall–Kier alpha value is -1.75. The highest BCUT2D eigenvalue weighted by atomic mass is 32.2. The molecule has 2 aliphatic heterocycles. The third-order valence-electron chi connectivity index (χ3n) is 5.18. The van der Waals surface area contributed by atoms with Crippen LogP contribution in [0.5, 0.6) is 5.88 Å². The number of sulfonamides is 1. The fraction of sp³-hybridized carbons (Fsp3) is 0.684. The molecular weight excluding hydrogens is 398 g/mol. The SMILES string of the molecule is CCOC(=O)c1cc(S(=O)(=O)N2CCN(CC)CC2)cnc1OC1CCOCC1. The molecule has 1 aromatic heterocycles. The molecule has 0 radical (unpaired) electrons. The van der Waals surface area contributed by atoms with Crippen molar-refractivity contribution in [2.45, 2.75) is 37.7 Å². The van der Waals surface area contributed by atoms with Gasteiger partial charge in [0.2, 0.25) is 15.9 Å². The molecule has 29 heavy (non-hydrogen) atoms. The number of nitrogens with zero attached hydrogens (tertiary/aromatic N) is 3. The van der Waals surface area contributed by atoms with Gasteiger partial charge in [-0.2, -0.15) is 4.31 Å². The van der Waals surface area contributed by atoms with E-state index in [0.29, 0.717) is 52.2 Å². The molecule has 2 aliphatic rings. The maximum atomic E-state index is 13.1. The van der Waals surface area contributed by atoms with E-state index in [1.165, 1.54) is 16.6 Å². The molecule has 0 aromatic carbocycles. The minimum absolute atomic E-state index is 0.0233. The first kappa shape index (κ1) is 21.9. The second-order valence-corrected chi connectivity index (χ2v) is 8.95. The van der Waals surface area contributed by atoms with Crippen molar-refractivity contribution in [1.29, 1.82) is 0 Å². The summed E-state index contributed by atoms with van der Waals surface area (Å²) in [4.78, 5) is 18.8. The van der Waals surface area contributed by atoms with E-state index in [0.717, 1.165) is 6.54 Å². The van der Waals surface area contributed by atoms with Crippen molar-refractivity contribution in [1.82, 2.24) is 14.2 Å². The van der Waals surface area contributed by atoms with Crippen molar-refractivity contribution in [3.8, 4) is 5.88 Å². The summed E-state index contributed by atoms with van der Waals surface area (Å²) < 4.78 is 43.9. The minimum atomic E-state index is -3.75. The molecule has 0 N–H and O–H groups in total. The quantitative estimate of drug-likeness (QED) is 0.598. The number of esters is 1. The van der Waals surface area contributed by atoms with E-state index in [4.69, 9.17) is 14.2 Å². The van der Waals surface area contributed by atoms with Gasteiger partial charge in [0.05, 0.1) is 26.0 Å². The smallest absolute Gasteiger partial charge is 0.343 e. The van der Waals surface area contributed by atoms with Gasteiger partial charge < -0.3 is 19.1 Å². The van der Waals surface area contributed by atoms with Crippen molar-refractivity contribution in [2.75, 3.05) is 52.5 Å². The fourth-order valence-electron chi connectivity index (χ4n) is 3.41. The van der Waals surface area contributed by atoms with E-state index in [-0.39, 0.29) is 29.0 Å². The molecule has 3 rings (SSSR count). The Labute approximate surface area is 172 Å². The van der Waals surface area contributed by atoms with Crippen LogP contribution < -0.4 is 4.74 Å². The largest absolute Gasteiger partial charge is 0.474 e. The van der Waals surface area contributed by atoms with Crippen LogP contribution in [-0.2, 0) is 19.5 Å². The zero-order valence-corrected chi connectivity index (χ0v) is 17.8. The van der Waals surface area contributed by atoms with Gasteiger partial charge in [0.15, 0.2) is 0 Å². The summed E-state index contributed by atoms with van der Waals surface area (Å²) in [6, 6.07) is 1.32. The monoisotopic (exact) mass is 427 g/mol. The third kappa shape index (κ3) is 5.25. The predicted octanol–water partition coefficient (Wildman–Crippen LogP) is 1.14. The van der Waals surface area contributed by atoms with Crippen LogP contribution in [-0.4, -0.2) is 87.2 Å². The molecule has 0 bridgehead atoms. The van der Waals surface area contributed by atoms with Crippen LogP contribution in [0.15, 0.2) is 17.2 Å². The minimum Gasteiger partial charge on any atom is -0.474 e. The van der Waals surface area contributed by atoms with Crippen LogP contribution >= 0.6 is 0 Å². The Morgan fingerprint density at radius 2 is 1.90 bits per heavy atom. The second kappa shape index (κ2) is 9.84. The van der Waals surface area contributed by atoms with Crippen molar-refractivity contribution in [3.63, 3.8) is 0 Å². The summed E-state index contributed by atoms with van der Waals surface area (Å²) in [6.07, 6.45) is 2.50. The highest BCUT2D eigenvalue weighted by Crippen LogP contribution is 2.26. The first-order valence-electron chi connectivity index (χ1n) is 10.1. The molecule has 162 valence electrons. The summed E-state index contributed by atoms with van der Waals surface area (Å²) in [6.45, 7) is 8.14. The number of likely N-dealkylation sites (N-methyl/N-ethyl adjacent to an activating group) is 1. The van der Waals surface area contributed by atoms with Crippen LogP contribution in [0, 0.1) is 0 Å². The Bertz CT molecular complexity index is 802. The van der Waals surface area contributed by atoms with Gasteiger partial charge in [-0.05, 0) is 19.5 Å². The fourth-order valence-corrected chi connectivity index (χ4v) is 4.80. The number of carbonyl (C=O) groups is 1. The molecule has 0 aliphatic carbocycles. The number of hydrogen-bond donors (Lipinski definition) is 0. The van der Waals surface area contributed by atoms with Gasteiger partial charge >= 0.3 is 5.97 Å². The molecule has 0 unspecified atom stereocenters. The van der Waals surface area contributed by atoms with Crippen LogP contribution in [0.3, 0.4) is 0 Å². The summed E-state index contributed by atoms with van der Waals surface area (Å²) >= 11 is 0. The highest BCUT2D eigenvalue weighted by Gasteiger charge is 2.31. The van der Waals surface area contributed by atoms with E-state index in [1.54, 1.807) is 6.92 Å². The Kier molecular flexibility index (Phi) is 7.44. The topological polar surface area (TPSA) is 98.3 Å². The van der Waals surface area contributed by atoms with Crippen LogP contribution in [0.1, 0.15) is 37.0 Å². The number of pyridine rings is 1. The lowest BCUT2D eigenvalue weighted by atomic mass is 10.1. The first-order valence-corrected chi connectivity index (χ1v) is 11.5. The van der Waals surface area contributed by atoms with Gasteiger partial charge in [-0.1, -0.05) is 6.92 Å². The molecule has 2 saturated heterocycles. The summed E-state index contributed by atoms with van der Waals surface area (Å²) in [5.41, 5.74) is 0.0339. The number of hydrogen-bond acceptors (Lipinski definition) is 8. The number of aromatic nitrogens is 1. The van der Waals surface area contributed by atoms with E-state index in [2.05, 4.69) is 16.8 Å². The number of piperazine rings is 1. The predicted molar refractivity (Wildman–Crippen MR) is 106 cm³/mol. The zero-order chi connectivity index (χ0) is 20.9. The maximum absolute atomic E-state index is 13.1. The summed E-state index contributed by atoms with van der Waals surface area (Å²) in [5, 5.41) is 0. The van der Waals surface area contributed by atoms with Crippen molar-refractivity contribution < 1.29 is 27.4 Å². The Morgan fingerprint density at radius 1 is 1.21 bits per heavy atom. The lowest BCUT2D eigenvalue weighted by molar-refractivity contribution is 0.0224. The first-order chi connectivity index (χ1) is 14.0. The van der Waals surface area contributed by atoms with Gasteiger partial charge in [-0.3, -0.25) is 0 Å². The molecule has 10 heteroatoms. The molecule has 0 atom stereocenters. The van der Waals surface area contributed by atoms with Crippen LogP contribution in [0.4, 0.5) is 0 Å². The Balaban J connectivity index is 1.85. The molecule has 9 nitrogen and oxygen atoms in total. The third-order valence-corrected chi connectivity index (χ3v) is 7.05. The Morgan fingerprint density at radius 3 is 2.52 bits per heavy atom. The van der Waals surface area contributed by atoms with Crippen molar-refractivity contribution in [3.05, 3.63) is 17.8 Å². The number of ether oxygens (including phenoxy) is 3. The van der Waals surface area contributed by atoms with E-state index in [1.807, 2.05) is 0 Å². The molecule has 0 spiro atoms. The standard InChI is InChI=1S/C19H29N3O6S/c1-3-21-7-9-22(10-8-21)29(24,25)16-13-17(19(23)27-4-2)18(20-14-16)28-15-5-11-26-12-6-15/h13-15H,3-12H2,1-2H3. The summed E-state index contributed by atoms with van der Waals surface area (Å²) in [5.74, 6) is -0.542. The lowest BCUT2D eigenvalue weighted by Gasteiger charge is -2.33. The molecular formula is C19H29N3O6S. The van der Waals surface area contributed by atoms with Gasteiger partial charge in [0.1, 0.15) is 16.6 Å². The summed E-state index contributed by atoms with van der Waals surface area (Å²) in [7, 11) is -3.75. The van der Waals surface area contributed by atoms with Crippen molar-refractivity contribution >= 4 is 16.0 Å². The molecule has 1 aromatic rings. The average molecular weight is 428 g/mol. The van der Waals surface area contributed by atoms with Gasteiger partial charge in [-0.25, -0.2) is 18.2 Å². The molecule has 0 amide bonds. The molecule has 2 fully saturated rings. The lowest BCUT2D eigenvalue weighted by Crippen LogP contribution is -2.48. The molecule has 0 saturated carbocycles. The van der Waals surface area contributed by atoms with E-state index >= 15 is 0 Å². The average Bonchev–Trinajstić information content (AvgIpc) is 2.75. The number of rotatable bonds is 7. The molecule has 3 heterocycles. The van der Waals surface area contributed by atoms with Crippen molar-refractivity contribution in [2.24, 2.45) is 0 Å². The van der Waals surface area contributed by atoms with Gasteiger partial charge in [0, 0.05) is 39.0 Å². The van der Waals surface area contributed by atoms with Crippen LogP contribution in [0.2, 0.25) is 0 Å². The van der Waals surface area contributed by atoms with Gasteiger partial charge in [-0.15, -0.1) is 0 Å². The van der Waals surface area contributed by atoms with Crippen LogP contribution in [0.25, 0.3) is 0 Å². The maximum Gasteiger partial charge on any atom is 0.343 e.